The van der Waals surface area contributed by atoms with Gasteiger partial charge >= 0.3 is 0 Å². The molecule has 4 aromatic carbocycles. The molecule has 0 radical (unpaired) electrons. The van der Waals surface area contributed by atoms with E-state index >= 15 is 0 Å². The van der Waals surface area contributed by atoms with Gasteiger partial charge in [0.25, 0.3) is 0 Å². The van der Waals surface area contributed by atoms with Crippen LogP contribution in [-0.2, 0) is 16.4 Å². The van der Waals surface area contributed by atoms with Crippen LogP contribution in [0.25, 0.3) is 0 Å². The molecule has 4 rings (SSSR count). The van der Waals surface area contributed by atoms with Crippen LogP contribution >= 0.6 is 0 Å². The van der Waals surface area contributed by atoms with E-state index in [-0.39, 0.29) is 17.9 Å². The van der Waals surface area contributed by atoms with Crippen LogP contribution in [0.5, 0.6) is 0 Å². The summed E-state index contributed by atoms with van der Waals surface area (Å²) in [6.07, 6.45) is 1.89. The number of hydrogen-bond donors (Lipinski definition) is 2. The molecule has 4 nitrogen and oxygen atoms in total. The second-order valence-electron chi connectivity index (χ2n) is 12.4. The van der Waals surface area contributed by atoms with Gasteiger partial charge in [-0.1, -0.05) is 145 Å². The predicted octanol–water partition coefficient (Wildman–Crippen LogP) is 9.04. The number of benzene rings is 4. The van der Waals surface area contributed by atoms with E-state index in [2.05, 4.69) is 100 Å². The molecule has 0 bridgehead atoms. The fraction of sp³-hybridized carbons (Fsp3) is 0.368. The molecule has 0 aliphatic heterocycles. The van der Waals surface area contributed by atoms with Crippen molar-refractivity contribution in [1.82, 2.24) is 10.0 Å². The van der Waals surface area contributed by atoms with Crippen molar-refractivity contribution in [1.29, 1.82) is 0 Å². The molecule has 2 N–H and O–H groups in total. The Morgan fingerprint density at radius 1 is 0.581 bits per heavy atom. The van der Waals surface area contributed by atoms with Gasteiger partial charge in [-0.15, -0.1) is 0 Å². The van der Waals surface area contributed by atoms with Gasteiger partial charge in [-0.3, -0.25) is 0 Å². The fourth-order valence-corrected chi connectivity index (χ4v) is 7.63. The Hall–Kier alpha value is -3.25. The molecular formula is C38H48N2O2S. The van der Waals surface area contributed by atoms with Crippen molar-refractivity contribution in [2.45, 2.75) is 89.1 Å². The minimum absolute atomic E-state index is 0.0546. The number of nitrogens with one attached hydrogen (secondary N) is 2. The van der Waals surface area contributed by atoms with Crippen molar-refractivity contribution >= 4 is 10.0 Å². The van der Waals surface area contributed by atoms with E-state index in [0.717, 1.165) is 41.6 Å². The van der Waals surface area contributed by atoms with E-state index in [4.69, 9.17) is 0 Å². The molecule has 0 fully saturated rings. The Kier molecular flexibility index (Phi) is 11.4. The summed E-state index contributed by atoms with van der Waals surface area (Å²) in [5, 5.41) is 3.75. The Morgan fingerprint density at radius 3 is 1.51 bits per heavy atom. The van der Waals surface area contributed by atoms with Gasteiger partial charge in [0, 0.05) is 0 Å². The summed E-state index contributed by atoms with van der Waals surface area (Å²) < 4.78 is 32.6. The van der Waals surface area contributed by atoms with Crippen LogP contribution in [0.3, 0.4) is 0 Å². The van der Waals surface area contributed by atoms with Crippen LogP contribution in [-0.4, -0.2) is 15.0 Å². The lowest BCUT2D eigenvalue weighted by Gasteiger charge is -2.31. The summed E-state index contributed by atoms with van der Waals surface area (Å²) in [4.78, 5) is 0.429. The van der Waals surface area contributed by atoms with Crippen LogP contribution in [0.15, 0.2) is 108 Å². The minimum atomic E-state index is -3.92. The molecule has 0 spiro atoms. The SMILES string of the molecule is CC(C)c1cc(C(C)C)c(S(=O)(=O)N[C@@H](c2ccccc2)[C@@H](NCCCc2ccccc2)c2ccccc2)c(C(C)C)c1. The fourth-order valence-electron chi connectivity index (χ4n) is 5.70. The van der Waals surface area contributed by atoms with Crippen LogP contribution < -0.4 is 10.0 Å². The highest BCUT2D eigenvalue weighted by molar-refractivity contribution is 7.89. The monoisotopic (exact) mass is 596 g/mol. The van der Waals surface area contributed by atoms with Gasteiger partial charge in [0.1, 0.15) is 0 Å². The Morgan fingerprint density at radius 2 is 1.05 bits per heavy atom. The average molecular weight is 597 g/mol. The van der Waals surface area contributed by atoms with Crippen molar-refractivity contribution in [2.75, 3.05) is 6.54 Å². The van der Waals surface area contributed by atoms with E-state index in [1.165, 1.54) is 11.1 Å². The van der Waals surface area contributed by atoms with Crippen molar-refractivity contribution in [3.05, 3.63) is 137 Å². The highest BCUT2D eigenvalue weighted by Crippen LogP contribution is 2.37. The summed E-state index contributed by atoms with van der Waals surface area (Å²) in [5.74, 6) is 0.414. The lowest BCUT2D eigenvalue weighted by atomic mass is 9.89. The van der Waals surface area contributed by atoms with Crippen molar-refractivity contribution < 1.29 is 8.42 Å². The molecule has 0 amide bonds. The number of sulfonamides is 1. The molecule has 2 atom stereocenters. The number of hydrogen-bond acceptors (Lipinski definition) is 3. The highest BCUT2D eigenvalue weighted by atomic mass is 32.2. The summed E-state index contributed by atoms with van der Waals surface area (Å²) in [5.41, 5.74) is 6.19. The molecule has 228 valence electrons. The summed E-state index contributed by atoms with van der Waals surface area (Å²) in [6.45, 7) is 13.4. The maximum absolute atomic E-state index is 14.7. The predicted molar refractivity (Wildman–Crippen MR) is 180 cm³/mol. The normalized spacial score (nSPS) is 13.5. The molecule has 0 aliphatic rings. The van der Waals surface area contributed by atoms with Gasteiger partial charge in [0.05, 0.1) is 17.0 Å². The molecule has 0 saturated heterocycles. The zero-order valence-corrected chi connectivity index (χ0v) is 27.4. The second-order valence-corrected chi connectivity index (χ2v) is 14.1. The maximum Gasteiger partial charge on any atom is 0.241 e. The van der Waals surface area contributed by atoms with Gasteiger partial charge in [0.15, 0.2) is 0 Å². The van der Waals surface area contributed by atoms with Gasteiger partial charge < -0.3 is 5.32 Å². The molecule has 0 saturated carbocycles. The first-order chi connectivity index (χ1) is 20.6. The molecule has 0 heterocycles. The van der Waals surface area contributed by atoms with E-state index in [9.17, 15) is 8.42 Å². The average Bonchev–Trinajstić information content (AvgIpc) is 3.00. The summed E-state index contributed by atoms with van der Waals surface area (Å²) in [6, 6.07) is 34.0. The van der Waals surface area contributed by atoms with Gasteiger partial charge in [-0.2, -0.15) is 0 Å². The Bertz CT molecular complexity index is 1500. The molecule has 43 heavy (non-hydrogen) atoms. The van der Waals surface area contributed by atoms with Crippen LogP contribution in [0.4, 0.5) is 0 Å². The third-order valence-electron chi connectivity index (χ3n) is 8.13. The van der Waals surface area contributed by atoms with Crippen molar-refractivity contribution in [3.8, 4) is 0 Å². The minimum Gasteiger partial charge on any atom is -0.308 e. The summed E-state index contributed by atoms with van der Waals surface area (Å²) in [7, 11) is -3.92. The lowest BCUT2D eigenvalue weighted by Crippen LogP contribution is -2.39. The second kappa shape index (κ2) is 15.0. The first-order valence-electron chi connectivity index (χ1n) is 15.7. The molecule has 0 aliphatic carbocycles. The summed E-state index contributed by atoms with van der Waals surface area (Å²) >= 11 is 0. The van der Waals surface area contributed by atoms with Gasteiger partial charge in [-0.25, -0.2) is 13.1 Å². The maximum atomic E-state index is 14.7. The molecule has 0 aromatic heterocycles. The highest BCUT2D eigenvalue weighted by Gasteiger charge is 2.33. The number of rotatable bonds is 14. The first-order valence-corrected chi connectivity index (χ1v) is 17.1. The van der Waals surface area contributed by atoms with E-state index in [0.29, 0.717) is 10.8 Å². The number of aryl methyl sites for hydroxylation is 1. The van der Waals surface area contributed by atoms with Crippen LogP contribution in [0.1, 0.15) is 111 Å². The standard InChI is InChI=1S/C38H48N2O2S/c1-27(2)33-25-34(28(3)4)38(35(26-33)29(5)6)43(41,42)40-37(32-22-14-9-15-23-32)36(31-20-12-8-13-21-31)39-24-16-19-30-17-10-7-11-18-30/h7-15,17-18,20-23,25-29,36-37,39-40H,16,19,24H2,1-6H3/t36-,37-/m0/s1. The molecule has 4 aromatic rings. The van der Waals surface area contributed by atoms with E-state index in [1.807, 2.05) is 54.6 Å². The zero-order valence-electron chi connectivity index (χ0n) is 26.5. The zero-order chi connectivity index (χ0) is 31.0. The third kappa shape index (κ3) is 8.44. The van der Waals surface area contributed by atoms with Crippen LogP contribution in [0, 0.1) is 0 Å². The topological polar surface area (TPSA) is 58.2 Å². The van der Waals surface area contributed by atoms with Gasteiger partial charge in [0.2, 0.25) is 10.0 Å². The molecule has 0 unspecified atom stereocenters. The van der Waals surface area contributed by atoms with Gasteiger partial charge in [-0.05, 0) is 70.5 Å². The smallest absolute Gasteiger partial charge is 0.241 e. The van der Waals surface area contributed by atoms with E-state index < -0.39 is 16.1 Å². The van der Waals surface area contributed by atoms with Crippen molar-refractivity contribution in [2.24, 2.45) is 0 Å². The van der Waals surface area contributed by atoms with Crippen LogP contribution in [0.2, 0.25) is 0 Å². The first kappa shape index (κ1) is 32.7. The van der Waals surface area contributed by atoms with E-state index in [1.54, 1.807) is 0 Å². The van der Waals surface area contributed by atoms with Crippen molar-refractivity contribution in [3.63, 3.8) is 0 Å². The largest absolute Gasteiger partial charge is 0.308 e. The lowest BCUT2D eigenvalue weighted by molar-refractivity contribution is 0.420. The molecular weight excluding hydrogens is 548 g/mol. The Balaban J connectivity index is 1.77. The molecule has 5 heteroatoms. The third-order valence-corrected chi connectivity index (χ3v) is 9.70. The quantitative estimate of drug-likeness (QED) is 0.143. The Labute approximate surface area is 260 Å².